The van der Waals surface area contributed by atoms with Crippen LogP contribution in [0.4, 0.5) is 11.4 Å². The fraction of sp³-hybridized carbons (Fsp3) is 0. The van der Waals surface area contributed by atoms with E-state index in [1.54, 1.807) is 0 Å². The number of hydrogen-bond acceptors (Lipinski definition) is 6. The van der Waals surface area contributed by atoms with Gasteiger partial charge in [0.1, 0.15) is 9.79 Å². The van der Waals surface area contributed by atoms with E-state index < -0.39 is 30.0 Å². The van der Waals surface area contributed by atoms with Crippen LogP contribution in [-0.4, -0.2) is 25.9 Å². The number of benzene rings is 2. The molecule has 130 valence electrons. The summed E-state index contributed by atoms with van der Waals surface area (Å²) in [6.07, 6.45) is 2.53. The first-order valence-electron chi connectivity index (χ1n) is 6.40. The molecule has 0 amide bonds. The molecule has 11 heteroatoms. The summed E-state index contributed by atoms with van der Waals surface area (Å²) in [5, 5.41) is 0. The largest absolute Gasteiger partial charge is 1.00 e. The molecule has 0 aliphatic heterocycles. The van der Waals surface area contributed by atoms with Gasteiger partial charge in [0, 0.05) is 11.4 Å². The molecule has 0 aliphatic carbocycles. The first-order chi connectivity index (χ1) is 11.0. The molecule has 0 aliphatic rings. The Hall–Kier alpha value is -1.40. The summed E-state index contributed by atoms with van der Waals surface area (Å²) in [4.78, 5) is -0.856. The fourth-order valence-corrected chi connectivity index (χ4v) is 3.44. The Morgan fingerprint density at radius 3 is 1.36 bits per heavy atom. The summed E-state index contributed by atoms with van der Waals surface area (Å²) in [5.74, 6) is 0. The van der Waals surface area contributed by atoms with E-state index in [1.807, 2.05) is 0 Å². The maximum atomic E-state index is 11.4. The minimum atomic E-state index is -4.52. The Kier molecular flexibility index (Phi) is 6.81. The molecule has 2 aromatic carbocycles. The molecule has 6 N–H and O–H groups in total. The molecule has 0 unspecified atom stereocenters. The van der Waals surface area contributed by atoms with Gasteiger partial charge in [0.05, 0.1) is 0 Å². The molecular weight excluding hydrogens is 379 g/mol. The van der Waals surface area contributed by atoms with Crippen LogP contribution in [0.15, 0.2) is 46.2 Å². The molecule has 2 rings (SSSR count). The van der Waals surface area contributed by atoms with Crippen LogP contribution in [0.2, 0.25) is 0 Å². The quantitative estimate of drug-likeness (QED) is 0.214. The van der Waals surface area contributed by atoms with E-state index in [0.717, 1.165) is 12.1 Å². The van der Waals surface area contributed by atoms with Gasteiger partial charge < -0.3 is 12.9 Å². The smallest absolute Gasteiger partial charge is 1.00 e. The zero-order valence-corrected chi connectivity index (χ0v) is 16.8. The van der Waals surface area contributed by atoms with Gasteiger partial charge in [-0.3, -0.25) is 9.11 Å². The van der Waals surface area contributed by atoms with Crippen molar-refractivity contribution < 1.29 is 56.9 Å². The first kappa shape index (κ1) is 21.6. The molecule has 0 heterocycles. The summed E-state index contributed by atoms with van der Waals surface area (Å²) < 4.78 is 64.1. The van der Waals surface area contributed by atoms with Crippen molar-refractivity contribution in [1.82, 2.24) is 0 Å². The zero-order chi connectivity index (χ0) is 18.1. The second-order valence-corrected chi connectivity index (χ2v) is 7.66. The topological polar surface area (TPSA) is 161 Å². The van der Waals surface area contributed by atoms with Gasteiger partial charge in [-0.2, -0.15) is 16.8 Å². The second-order valence-electron chi connectivity index (χ2n) is 4.88. The summed E-state index contributed by atoms with van der Waals surface area (Å²) in [6.45, 7) is 0. The minimum absolute atomic E-state index is 0. The number of nitrogen functional groups attached to an aromatic ring is 2. The van der Waals surface area contributed by atoms with Crippen molar-refractivity contribution >= 4 is 43.8 Å². The predicted molar refractivity (Wildman–Crippen MR) is 91.4 cm³/mol. The Morgan fingerprint density at radius 1 is 0.760 bits per heavy atom. The van der Waals surface area contributed by atoms with Gasteiger partial charge in [-0.25, -0.2) is 0 Å². The van der Waals surface area contributed by atoms with Crippen LogP contribution in [-0.2, 0) is 20.2 Å². The van der Waals surface area contributed by atoms with Crippen molar-refractivity contribution in [2.75, 3.05) is 11.5 Å². The van der Waals surface area contributed by atoms with Gasteiger partial charge in [-0.1, -0.05) is 24.3 Å². The van der Waals surface area contributed by atoms with Gasteiger partial charge in [0.15, 0.2) is 0 Å². The third-order valence-corrected chi connectivity index (χ3v) is 4.89. The second kappa shape index (κ2) is 7.87. The molecule has 0 saturated heterocycles. The van der Waals surface area contributed by atoms with Crippen LogP contribution < -0.4 is 41.0 Å². The average molecular weight is 394 g/mol. The summed E-state index contributed by atoms with van der Waals surface area (Å²) in [6, 6.07) is 7.67. The van der Waals surface area contributed by atoms with Crippen LogP contribution in [0.5, 0.6) is 0 Å². The average Bonchev–Trinajstić information content (AvgIpc) is 2.45. The predicted octanol–water partition coefficient (Wildman–Crippen LogP) is -1.37. The molecule has 0 radical (unpaired) electrons. The van der Waals surface area contributed by atoms with Gasteiger partial charge in [0.25, 0.3) is 20.2 Å². The monoisotopic (exact) mass is 394 g/mol. The zero-order valence-electron chi connectivity index (χ0n) is 14.1. The van der Waals surface area contributed by atoms with Crippen molar-refractivity contribution in [3.63, 3.8) is 0 Å². The Morgan fingerprint density at radius 2 is 1.08 bits per heavy atom. The SMILES string of the molecule is Nc1ccc(/C=C/c2ccc(N)cc2S(=O)(=O)O)c(S(=O)(=O)O)c1.[H-].[Na+]. The van der Waals surface area contributed by atoms with E-state index in [2.05, 4.69) is 0 Å². The van der Waals surface area contributed by atoms with Gasteiger partial charge in [-0.05, 0) is 35.4 Å². The minimum Gasteiger partial charge on any atom is -1.00 e. The summed E-state index contributed by atoms with van der Waals surface area (Å²) >= 11 is 0. The van der Waals surface area contributed by atoms with E-state index in [9.17, 15) is 25.9 Å². The van der Waals surface area contributed by atoms with Crippen molar-refractivity contribution in [3.8, 4) is 0 Å². The van der Waals surface area contributed by atoms with Crippen LogP contribution in [0, 0.1) is 0 Å². The molecule has 0 fully saturated rings. The maximum absolute atomic E-state index is 11.4. The van der Waals surface area contributed by atoms with E-state index in [1.165, 1.54) is 36.4 Å². The molecule has 8 nitrogen and oxygen atoms in total. The van der Waals surface area contributed by atoms with E-state index >= 15 is 0 Å². The molecule has 0 saturated carbocycles. The van der Waals surface area contributed by atoms with Crippen molar-refractivity contribution in [3.05, 3.63) is 47.5 Å². The first-order valence-corrected chi connectivity index (χ1v) is 9.28. The van der Waals surface area contributed by atoms with Crippen LogP contribution in [0.1, 0.15) is 12.6 Å². The molecule has 25 heavy (non-hydrogen) atoms. The number of anilines is 2. The van der Waals surface area contributed by atoms with E-state index in [-0.39, 0.29) is 53.5 Å². The summed E-state index contributed by atoms with van der Waals surface area (Å²) in [7, 11) is -9.05. The number of nitrogens with two attached hydrogens (primary N) is 2. The van der Waals surface area contributed by atoms with Gasteiger partial charge in [0.2, 0.25) is 0 Å². The van der Waals surface area contributed by atoms with Crippen molar-refractivity contribution in [1.29, 1.82) is 0 Å². The van der Waals surface area contributed by atoms with Crippen LogP contribution in [0.3, 0.4) is 0 Å². The Labute approximate surface area is 168 Å². The Bertz CT molecular complexity index is 956. The van der Waals surface area contributed by atoms with Gasteiger partial charge >= 0.3 is 29.6 Å². The van der Waals surface area contributed by atoms with Crippen molar-refractivity contribution in [2.45, 2.75) is 9.79 Å². The maximum Gasteiger partial charge on any atom is 1.00 e. The standard InChI is InChI=1S/C14H14N2O6S2.Na.H/c15-11-5-3-9(13(7-11)23(17,18)19)1-2-10-4-6-12(16)8-14(10)24(20,21)22;;/h1-8H,15-16H2,(H,17,18,19)(H,20,21,22);;/q;+1;-1/b2-1+;;. The summed E-state index contributed by atoms with van der Waals surface area (Å²) in [5.41, 5.74) is 11.4. The normalized spacial score (nSPS) is 12.1. The third kappa shape index (κ3) is 5.54. The van der Waals surface area contributed by atoms with Crippen LogP contribution >= 0.6 is 0 Å². The third-order valence-electron chi connectivity index (χ3n) is 3.07. The fourth-order valence-electron chi connectivity index (χ4n) is 2.00. The molecule has 2 aromatic rings. The van der Waals surface area contributed by atoms with Crippen molar-refractivity contribution in [2.24, 2.45) is 0 Å². The van der Waals surface area contributed by atoms with E-state index in [4.69, 9.17) is 11.5 Å². The molecule has 0 atom stereocenters. The van der Waals surface area contributed by atoms with E-state index in [0.29, 0.717) is 0 Å². The van der Waals surface area contributed by atoms with Crippen LogP contribution in [0.25, 0.3) is 12.2 Å². The molecular formula is C14H15N2NaO6S2. The molecule has 0 spiro atoms. The van der Waals surface area contributed by atoms with Gasteiger partial charge in [-0.15, -0.1) is 0 Å². The molecule has 0 bridgehead atoms. The number of rotatable bonds is 4. The number of hydrogen-bond donors (Lipinski definition) is 4. The molecule has 0 aromatic heterocycles. The Balaban J connectivity index is 0.00000312.